The van der Waals surface area contributed by atoms with Gasteiger partial charge in [-0.15, -0.1) is 0 Å². The van der Waals surface area contributed by atoms with Gasteiger partial charge >= 0.3 is 6.03 Å². The molecule has 0 aromatic heterocycles. The number of carbonyl (C=O) groups excluding carboxylic acids is 3. The zero-order chi connectivity index (χ0) is 19.3. The fourth-order valence-electron chi connectivity index (χ4n) is 5.89. The van der Waals surface area contributed by atoms with Crippen molar-refractivity contribution in [3.8, 4) is 0 Å². The van der Waals surface area contributed by atoms with Gasteiger partial charge in [0.2, 0.25) is 5.91 Å². The quantitative estimate of drug-likeness (QED) is 0.801. The van der Waals surface area contributed by atoms with Gasteiger partial charge in [-0.1, -0.05) is 37.1 Å². The lowest BCUT2D eigenvalue weighted by molar-refractivity contribution is -0.143. The van der Waals surface area contributed by atoms with Gasteiger partial charge in [0, 0.05) is 12.6 Å². The Hall–Kier alpha value is -2.37. The molecule has 1 aromatic carbocycles. The standard InChI is InChI=1S/C22H27N3O3/c26-19(24-13-5-8-16-7-2-4-10-18(16)24)14-25-20(27)22(23-21(25)28)12-11-15-6-1-3-9-17(15)22/h1,3,6,9,16,18H,2,4-5,7-8,10-14H2,(H,23,28)/t16-,18+,22-/m0/s1. The molecule has 1 N–H and O–H groups in total. The second kappa shape index (κ2) is 6.61. The second-order valence-electron chi connectivity index (χ2n) is 8.73. The maximum atomic E-state index is 13.3. The molecule has 6 nitrogen and oxygen atoms in total. The van der Waals surface area contributed by atoms with Crippen LogP contribution < -0.4 is 5.32 Å². The molecule has 2 heterocycles. The first kappa shape index (κ1) is 17.7. The average Bonchev–Trinajstić information content (AvgIpc) is 3.21. The highest BCUT2D eigenvalue weighted by Crippen LogP contribution is 2.41. The Morgan fingerprint density at radius 1 is 1.11 bits per heavy atom. The number of carbonyl (C=O) groups is 3. The SMILES string of the molecule is O=C1N[C@]2(CCc3ccccc32)C(=O)N1CC(=O)N1CCC[C@@H]2CCCC[C@H]21. The third-order valence-corrected chi connectivity index (χ3v) is 7.28. The Balaban J connectivity index is 1.35. The highest BCUT2D eigenvalue weighted by Gasteiger charge is 2.55. The summed E-state index contributed by atoms with van der Waals surface area (Å²) in [6.07, 6.45) is 8.19. The third kappa shape index (κ3) is 2.57. The monoisotopic (exact) mass is 381 g/mol. The summed E-state index contributed by atoms with van der Waals surface area (Å²) in [5.74, 6) is 0.235. The van der Waals surface area contributed by atoms with Gasteiger partial charge < -0.3 is 10.2 Å². The number of nitrogens with zero attached hydrogens (tertiary/aromatic N) is 2. The van der Waals surface area contributed by atoms with Crippen LogP contribution in [0.2, 0.25) is 0 Å². The predicted octanol–water partition coefficient (Wildman–Crippen LogP) is 2.56. The van der Waals surface area contributed by atoms with Crippen LogP contribution in [0.4, 0.5) is 4.79 Å². The number of urea groups is 1. The Labute approximate surface area is 165 Å². The summed E-state index contributed by atoms with van der Waals surface area (Å²) in [4.78, 5) is 42.2. The first-order valence-corrected chi connectivity index (χ1v) is 10.6. The van der Waals surface area contributed by atoms with Gasteiger partial charge in [-0.05, 0) is 55.6 Å². The van der Waals surface area contributed by atoms with Crippen LogP contribution >= 0.6 is 0 Å². The van der Waals surface area contributed by atoms with Crippen LogP contribution in [0.3, 0.4) is 0 Å². The number of likely N-dealkylation sites (tertiary alicyclic amines) is 1. The largest absolute Gasteiger partial charge is 0.338 e. The summed E-state index contributed by atoms with van der Waals surface area (Å²) in [7, 11) is 0. The minimum absolute atomic E-state index is 0.0802. The fraction of sp³-hybridized carbons (Fsp3) is 0.591. The smallest absolute Gasteiger partial charge is 0.325 e. The summed E-state index contributed by atoms with van der Waals surface area (Å²) >= 11 is 0. The number of benzene rings is 1. The lowest BCUT2D eigenvalue weighted by Crippen LogP contribution is -2.53. The van der Waals surface area contributed by atoms with E-state index in [9.17, 15) is 14.4 Å². The highest BCUT2D eigenvalue weighted by atomic mass is 16.2. The summed E-state index contributed by atoms with van der Waals surface area (Å²) in [5.41, 5.74) is 1.00. The van der Waals surface area contributed by atoms with Crippen LogP contribution in [0.1, 0.15) is 56.1 Å². The normalized spacial score (nSPS) is 31.7. The lowest BCUT2D eigenvalue weighted by Gasteiger charge is -2.44. The summed E-state index contributed by atoms with van der Waals surface area (Å²) in [6.45, 7) is 0.607. The van der Waals surface area contributed by atoms with E-state index in [4.69, 9.17) is 0 Å². The van der Waals surface area contributed by atoms with Crippen molar-refractivity contribution in [2.45, 2.75) is 62.9 Å². The van der Waals surface area contributed by atoms with E-state index in [1.165, 1.54) is 19.3 Å². The van der Waals surface area contributed by atoms with E-state index >= 15 is 0 Å². The summed E-state index contributed by atoms with van der Waals surface area (Å²) in [6, 6.07) is 7.63. The van der Waals surface area contributed by atoms with Crippen molar-refractivity contribution < 1.29 is 14.4 Å². The van der Waals surface area contributed by atoms with Crippen LogP contribution in [0.25, 0.3) is 0 Å². The number of hydrogen-bond acceptors (Lipinski definition) is 3. The molecule has 4 amide bonds. The topological polar surface area (TPSA) is 69.7 Å². The number of amides is 4. The van der Waals surface area contributed by atoms with Crippen molar-refractivity contribution in [1.29, 1.82) is 0 Å². The molecule has 0 bridgehead atoms. The molecular formula is C22H27N3O3. The molecule has 28 heavy (non-hydrogen) atoms. The van der Waals surface area contributed by atoms with Crippen molar-refractivity contribution >= 4 is 17.8 Å². The molecular weight excluding hydrogens is 354 g/mol. The molecule has 2 aliphatic heterocycles. The van der Waals surface area contributed by atoms with Crippen LogP contribution in [0.5, 0.6) is 0 Å². The highest BCUT2D eigenvalue weighted by molar-refractivity contribution is 6.09. The molecule has 1 spiro atoms. The number of hydrogen-bond donors (Lipinski definition) is 1. The molecule has 0 unspecified atom stereocenters. The van der Waals surface area contributed by atoms with Crippen molar-refractivity contribution in [2.24, 2.45) is 5.92 Å². The summed E-state index contributed by atoms with van der Waals surface area (Å²) < 4.78 is 0. The minimum atomic E-state index is -0.983. The number of rotatable bonds is 2. The van der Waals surface area contributed by atoms with Crippen LogP contribution in [-0.4, -0.2) is 46.8 Å². The van der Waals surface area contributed by atoms with Crippen molar-refractivity contribution in [1.82, 2.24) is 15.1 Å². The van der Waals surface area contributed by atoms with Gasteiger partial charge in [-0.2, -0.15) is 0 Å². The molecule has 148 valence electrons. The van der Waals surface area contributed by atoms with Crippen LogP contribution in [0, 0.1) is 5.92 Å². The number of imide groups is 1. The molecule has 0 radical (unpaired) electrons. The lowest BCUT2D eigenvalue weighted by atomic mass is 9.78. The number of aryl methyl sites for hydroxylation is 1. The van der Waals surface area contributed by atoms with Gasteiger partial charge in [-0.25, -0.2) is 4.79 Å². The Morgan fingerprint density at radius 3 is 2.79 bits per heavy atom. The predicted molar refractivity (Wildman–Crippen MR) is 103 cm³/mol. The molecule has 5 rings (SSSR count). The maximum absolute atomic E-state index is 13.3. The molecule has 4 aliphatic rings. The van der Waals surface area contributed by atoms with E-state index in [0.29, 0.717) is 12.3 Å². The van der Waals surface area contributed by atoms with Crippen molar-refractivity contribution in [2.75, 3.05) is 13.1 Å². The molecule has 2 aliphatic carbocycles. The van der Waals surface area contributed by atoms with E-state index in [1.54, 1.807) is 0 Å². The van der Waals surface area contributed by atoms with Gasteiger partial charge in [0.05, 0.1) is 0 Å². The Morgan fingerprint density at radius 2 is 1.89 bits per heavy atom. The van der Waals surface area contributed by atoms with Gasteiger partial charge in [0.1, 0.15) is 12.1 Å². The maximum Gasteiger partial charge on any atom is 0.325 e. The first-order valence-electron chi connectivity index (χ1n) is 10.6. The minimum Gasteiger partial charge on any atom is -0.338 e. The third-order valence-electron chi connectivity index (χ3n) is 7.28. The molecule has 1 aromatic rings. The first-order chi connectivity index (χ1) is 13.6. The molecule has 2 saturated heterocycles. The zero-order valence-corrected chi connectivity index (χ0v) is 16.2. The number of fused-ring (bicyclic) bond motifs is 3. The molecule has 3 fully saturated rings. The average molecular weight is 381 g/mol. The fourth-order valence-corrected chi connectivity index (χ4v) is 5.89. The Kier molecular flexibility index (Phi) is 4.18. The van der Waals surface area contributed by atoms with Gasteiger partial charge in [0.15, 0.2) is 0 Å². The van der Waals surface area contributed by atoms with Gasteiger partial charge in [-0.3, -0.25) is 14.5 Å². The van der Waals surface area contributed by atoms with E-state index in [2.05, 4.69) is 5.32 Å². The molecule has 3 atom stereocenters. The van der Waals surface area contributed by atoms with E-state index < -0.39 is 11.6 Å². The van der Waals surface area contributed by atoms with Crippen LogP contribution in [0.15, 0.2) is 24.3 Å². The van der Waals surface area contributed by atoms with Crippen molar-refractivity contribution in [3.63, 3.8) is 0 Å². The van der Waals surface area contributed by atoms with Crippen LogP contribution in [-0.2, 0) is 21.5 Å². The molecule has 6 heteroatoms. The van der Waals surface area contributed by atoms with E-state index in [1.807, 2.05) is 29.2 Å². The summed E-state index contributed by atoms with van der Waals surface area (Å²) in [5, 5.41) is 2.92. The Bertz CT molecular complexity index is 836. The van der Waals surface area contributed by atoms with Crippen molar-refractivity contribution in [3.05, 3.63) is 35.4 Å². The van der Waals surface area contributed by atoms with E-state index in [-0.39, 0.29) is 24.4 Å². The zero-order valence-electron chi connectivity index (χ0n) is 16.2. The van der Waals surface area contributed by atoms with Gasteiger partial charge in [0.25, 0.3) is 5.91 Å². The van der Waals surface area contributed by atoms with E-state index in [0.717, 1.165) is 48.3 Å². The second-order valence-corrected chi connectivity index (χ2v) is 8.73. The number of nitrogens with one attached hydrogen (secondary N) is 1. The molecule has 1 saturated carbocycles. The number of piperidine rings is 1.